The van der Waals surface area contributed by atoms with Gasteiger partial charge in [-0.2, -0.15) is 0 Å². The van der Waals surface area contributed by atoms with Crippen molar-refractivity contribution in [2.45, 2.75) is 19.4 Å². The molecule has 0 aliphatic heterocycles. The van der Waals surface area contributed by atoms with Crippen molar-refractivity contribution in [2.24, 2.45) is 5.73 Å². The normalized spacial score (nSPS) is 12.8. The summed E-state index contributed by atoms with van der Waals surface area (Å²) in [5, 5.41) is 4.57. The molecule has 1 rings (SSSR count). The maximum absolute atomic E-state index is 6.10. The van der Waals surface area contributed by atoms with Gasteiger partial charge in [-0.15, -0.1) is 0 Å². The molecule has 0 bridgehead atoms. The number of nitrogens with one attached hydrogen (secondary N) is 1. The third kappa shape index (κ3) is 3.65. The smallest absolute Gasteiger partial charge is 0.0639 e. The molecule has 0 saturated carbocycles. The third-order valence-electron chi connectivity index (χ3n) is 2.28. The van der Waals surface area contributed by atoms with Gasteiger partial charge < -0.3 is 11.1 Å². The van der Waals surface area contributed by atoms with Crippen LogP contribution in [-0.2, 0) is 0 Å². The Labute approximate surface area is 101 Å². The van der Waals surface area contributed by atoms with Gasteiger partial charge in [-0.1, -0.05) is 35.3 Å². The van der Waals surface area contributed by atoms with E-state index in [1.54, 1.807) is 6.07 Å². The molecule has 0 aliphatic rings. The van der Waals surface area contributed by atoms with Crippen molar-refractivity contribution in [1.29, 1.82) is 0 Å². The first-order valence-electron chi connectivity index (χ1n) is 5.04. The van der Waals surface area contributed by atoms with E-state index in [2.05, 4.69) is 12.2 Å². The molecule has 0 saturated heterocycles. The van der Waals surface area contributed by atoms with E-state index in [4.69, 9.17) is 28.9 Å². The van der Waals surface area contributed by atoms with E-state index in [1.807, 2.05) is 12.1 Å². The number of rotatable bonds is 5. The van der Waals surface area contributed by atoms with Crippen LogP contribution in [0.2, 0.25) is 10.0 Å². The van der Waals surface area contributed by atoms with Crippen LogP contribution in [0.5, 0.6) is 0 Å². The highest BCUT2D eigenvalue weighted by atomic mass is 35.5. The van der Waals surface area contributed by atoms with Gasteiger partial charge in [0.2, 0.25) is 0 Å². The molecule has 0 radical (unpaired) electrons. The van der Waals surface area contributed by atoms with Gasteiger partial charge in [0, 0.05) is 6.04 Å². The van der Waals surface area contributed by atoms with Crippen LogP contribution in [0.25, 0.3) is 0 Å². The highest BCUT2D eigenvalue weighted by Gasteiger charge is 2.10. The van der Waals surface area contributed by atoms with E-state index in [0.29, 0.717) is 16.6 Å². The average Bonchev–Trinajstić information content (AvgIpc) is 2.22. The fourth-order valence-corrected chi connectivity index (χ4v) is 1.86. The molecule has 0 aliphatic carbocycles. The predicted molar refractivity (Wildman–Crippen MR) is 66.6 cm³/mol. The second-order valence-electron chi connectivity index (χ2n) is 3.46. The molecule has 0 amide bonds. The maximum atomic E-state index is 6.10. The summed E-state index contributed by atoms with van der Waals surface area (Å²) in [6, 6.07) is 5.88. The maximum Gasteiger partial charge on any atom is 0.0639 e. The second-order valence-corrected chi connectivity index (χ2v) is 4.25. The minimum atomic E-state index is 0.197. The first kappa shape index (κ1) is 12.8. The van der Waals surface area contributed by atoms with E-state index < -0.39 is 0 Å². The third-order valence-corrected chi connectivity index (χ3v) is 3.11. The first-order chi connectivity index (χ1) is 7.16. The summed E-state index contributed by atoms with van der Waals surface area (Å²) in [4.78, 5) is 0. The van der Waals surface area contributed by atoms with Crippen LogP contribution in [0.3, 0.4) is 0 Å². The number of hydrogen-bond donors (Lipinski definition) is 2. The van der Waals surface area contributed by atoms with Crippen molar-refractivity contribution in [3.63, 3.8) is 0 Å². The zero-order valence-electron chi connectivity index (χ0n) is 8.76. The van der Waals surface area contributed by atoms with Crippen LogP contribution in [0.1, 0.15) is 24.9 Å². The van der Waals surface area contributed by atoms with Gasteiger partial charge in [-0.05, 0) is 38.1 Å². The van der Waals surface area contributed by atoms with Crippen molar-refractivity contribution in [3.8, 4) is 0 Å². The Kier molecular flexibility index (Phi) is 5.40. The number of benzene rings is 1. The summed E-state index contributed by atoms with van der Waals surface area (Å²) in [5.74, 6) is 0. The SMILES string of the molecule is CC(NCCCN)c1cccc(Cl)c1Cl. The van der Waals surface area contributed by atoms with Crippen LogP contribution in [0, 0.1) is 0 Å². The lowest BCUT2D eigenvalue weighted by Gasteiger charge is -2.15. The Morgan fingerprint density at radius 3 is 2.80 bits per heavy atom. The largest absolute Gasteiger partial charge is 0.330 e. The Bertz CT molecular complexity index is 315. The summed E-state index contributed by atoms with van der Waals surface area (Å²) >= 11 is 12.0. The van der Waals surface area contributed by atoms with Crippen LogP contribution >= 0.6 is 23.2 Å². The van der Waals surface area contributed by atoms with Gasteiger partial charge in [0.15, 0.2) is 0 Å². The summed E-state index contributed by atoms with van der Waals surface area (Å²) in [5.41, 5.74) is 6.45. The Balaban J connectivity index is 2.65. The van der Waals surface area contributed by atoms with Gasteiger partial charge in [0.25, 0.3) is 0 Å². The van der Waals surface area contributed by atoms with Crippen molar-refractivity contribution < 1.29 is 0 Å². The predicted octanol–water partition coefficient (Wildman–Crippen LogP) is 2.99. The molecule has 1 aromatic rings. The summed E-state index contributed by atoms with van der Waals surface area (Å²) in [6.07, 6.45) is 0.961. The fraction of sp³-hybridized carbons (Fsp3) is 0.455. The molecule has 2 nitrogen and oxygen atoms in total. The minimum Gasteiger partial charge on any atom is -0.330 e. The van der Waals surface area contributed by atoms with Crippen molar-refractivity contribution in [3.05, 3.63) is 33.8 Å². The van der Waals surface area contributed by atoms with E-state index >= 15 is 0 Å². The molecule has 4 heteroatoms. The van der Waals surface area contributed by atoms with Crippen LogP contribution in [-0.4, -0.2) is 13.1 Å². The van der Waals surface area contributed by atoms with Crippen LogP contribution in [0.4, 0.5) is 0 Å². The van der Waals surface area contributed by atoms with Crippen molar-refractivity contribution >= 4 is 23.2 Å². The number of nitrogens with two attached hydrogens (primary N) is 1. The molecule has 15 heavy (non-hydrogen) atoms. The van der Waals surface area contributed by atoms with E-state index in [-0.39, 0.29) is 6.04 Å². The zero-order valence-corrected chi connectivity index (χ0v) is 10.3. The van der Waals surface area contributed by atoms with Gasteiger partial charge in [-0.25, -0.2) is 0 Å². The molecule has 1 aromatic carbocycles. The molecular weight excluding hydrogens is 231 g/mol. The fourth-order valence-electron chi connectivity index (χ4n) is 1.39. The summed E-state index contributed by atoms with van der Waals surface area (Å²) < 4.78 is 0. The van der Waals surface area contributed by atoms with Gasteiger partial charge >= 0.3 is 0 Å². The highest BCUT2D eigenvalue weighted by Crippen LogP contribution is 2.29. The molecule has 1 unspecified atom stereocenters. The van der Waals surface area contributed by atoms with E-state index in [1.165, 1.54) is 0 Å². The summed E-state index contributed by atoms with van der Waals surface area (Å²) in [7, 11) is 0. The average molecular weight is 247 g/mol. The Hall–Kier alpha value is -0.280. The van der Waals surface area contributed by atoms with Gasteiger partial charge in [0.05, 0.1) is 10.0 Å². The van der Waals surface area contributed by atoms with E-state index in [0.717, 1.165) is 18.5 Å². The lowest BCUT2D eigenvalue weighted by molar-refractivity contribution is 0.562. The topological polar surface area (TPSA) is 38.0 Å². The molecule has 1 atom stereocenters. The van der Waals surface area contributed by atoms with Crippen LogP contribution in [0.15, 0.2) is 18.2 Å². The van der Waals surface area contributed by atoms with Crippen molar-refractivity contribution in [2.75, 3.05) is 13.1 Å². The van der Waals surface area contributed by atoms with Crippen molar-refractivity contribution in [1.82, 2.24) is 5.32 Å². The standard InChI is InChI=1S/C11H16Cl2N2/c1-8(15-7-3-6-14)9-4-2-5-10(12)11(9)13/h2,4-5,8,15H,3,6-7,14H2,1H3. The molecule has 0 spiro atoms. The first-order valence-corrected chi connectivity index (χ1v) is 5.79. The Morgan fingerprint density at radius 2 is 2.13 bits per heavy atom. The second kappa shape index (κ2) is 6.33. The molecule has 3 N–H and O–H groups in total. The molecule has 0 heterocycles. The summed E-state index contributed by atoms with van der Waals surface area (Å²) in [6.45, 7) is 3.65. The molecular formula is C11H16Cl2N2. The quantitative estimate of drug-likeness (QED) is 0.785. The molecule has 0 aromatic heterocycles. The van der Waals surface area contributed by atoms with Crippen LogP contribution < -0.4 is 11.1 Å². The number of hydrogen-bond acceptors (Lipinski definition) is 2. The van der Waals surface area contributed by atoms with Gasteiger partial charge in [-0.3, -0.25) is 0 Å². The van der Waals surface area contributed by atoms with E-state index in [9.17, 15) is 0 Å². The lowest BCUT2D eigenvalue weighted by Crippen LogP contribution is -2.22. The van der Waals surface area contributed by atoms with Gasteiger partial charge in [0.1, 0.15) is 0 Å². The highest BCUT2D eigenvalue weighted by molar-refractivity contribution is 6.42. The lowest BCUT2D eigenvalue weighted by atomic mass is 10.1. The Morgan fingerprint density at radius 1 is 1.40 bits per heavy atom. The minimum absolute atomic E-state index is 0.197. The molecule has 84 valence electrons. The number of halogens is 2. The molecule has 0 fully saturated rings. The monoisotopic (exact) mass is 246 g/mol. The zero-order chi connectivity index (χ0) is 11.3.